The highest BCUT2D eigenvalue weighted by Gasteiger charge is 2.32. The van der Waals surface area contributed by atoms with Crippen molar-refractivity contribution in [2.45, 2.75) is 0 Å². The highest BCUT2D eigenvalue weighted by molar-refractivity contribution is 6.32. The van der Waals surface area contributed by atoms with Crippen LogP contribution in [0.1, 0.15) is 5.56 Å². The lowest BCUT2D eigenvalue weighted by Crippen LogP contribution is -2.30. The summed E-state index contributed by atoms with van der Waals surface area (Å²) in [5.41, 5.74) is 0.954. The largest absolute Gasteiger partial charge is 0.493 e. The predicted octanol–water partition coefficient (Wildman–Crippen LogP) is 3.58. The van der Waals surface area contributed by atoms with Crippen LogP contribution in [-0.2, 0) is 9.59 Å². The van der Waals surface area contributed by atoms with Crippen LogP contribution >= 0.6 is 11.6 Å². The molecule has 166 valence electrons. The molecule has 0 radical (unpaired) electrons. The van der Waals surface area contributed by atoms with E-state index < -0.39 is 23.7 Å². The normalized spacial score (nSPS) is 14.3. The number of ether oxygens (including phenoxy) is 2. The van der Waals surface area contributed by atoms with Gasteiger partial charge >= 0.3 is 6.03 Å². The Bertz CT molecular complexity index is 1100. The van der Waals surface area contributed by atoms with Crippen LogP contribution < -0.4 is 20.1 Å². The molecule has 32 heavy (non-hydrogen) atoms. The topological polar surface area (TPSA) is 97.0 Å². The maximum absolute atomic E-state index is 13.0. The maximum Gasteiger partial charge on any atom is 0.329 e. The van der Waals surface area contributed by atoms with Crippen molar-refractivity contribution in [3.05, 3.63) is 71.2 Å². The average molecular weight is 460 g/mol. The van der Waals surface area contributed by atoms with Crippen LogP contribution in [0.4, 0.5) is 14.9 Å². The molecule has 4 amide bonds. The number of carbonyl (C=O) groups excluding carboxylic acids is 3. The van der Waals surface area contributed by atoms with Gasteiger partial charge in [-0.05, 0) is 48.0 Å². The fourth-order valence-corrected chi connectivity index (χ4v) is 3.14. The van der Waals surface area contributed by atoms with Crippen LogP contribution in [0, 0.1) is 5.82 Å². The zero-order valence-electron chi connectivity index (χ0n) is 17.0. The first kappa shape index (κ1) is 22.8. The Morgan fingerprint density at radius 3 is 2.66 bits per heavy atom. The van der Waals surface area contributed by atoms with Crippen LogP contribution in [0.2, 0.25) is 5.02 Å². The number of methoxy groups -OCH3 is 1. The van der Waals surface area contributed by atoms with E-state index in [0.29, 0.717) is 11.3 Å². The third-order valence-corrected chi connectivity index (χ3v) is 4.59. The van der Waals surface area contributed by atoms with Gasteiger partial charge in [-0.25, -0.2) is 9.18 Å². The minimum absolute atomic E-state index is 0.0716. The van der Waals surface area contributed by atoms with Gasteiger partial charge in [0.15, 0.2) is 18.1 Å². The first-order chi connectivity index (χ1) is 15.3. The van der Waals surface area contributed by atoms with Crippen LogP contribution in [0.25, 0.3) is 6.08 Å². The molecule has 0 atom stereocenters. The van der Waals surface area contributed by atoms with Gasteiger partial charge in [-0.15, -0.1) is 6.58 Å². The van der Waals surface area contributed by atoms with E-state index in [1.54, 1.807) is 6.07 Å². The summed E-state index contributed by atoms with van der Waals surface area (Å²) >= 11 is 6.30. The molecule has 0 aromatic heterocycles. The molecule has 2 aromatic carbocycles. The van der Waals surface area contributed by atoms with Gasteiger partial charge in [0.1, 0.15) is 11.5 Å². The Morgan fingerprint density at radius 1 is 1.28 bits per heavy atom. The standard InChI is InChI=1S/C22H19ClFN3O5/c1-3-8-27-21(29)17(26-22(27)30)10-13-9-16(23)20(18(11-13)31-2)32-12-19(28)25-15-6-4-14(24)5-7-15/h3-7,9-11H,1,8,12H2,2H3,(H,25,28)(H,26,30)/b17-10+. The monoisotopic (exact) mass is 459 g/mol. The summed E-state index contributed by atoms with van der Waals surface area (Å²) in [6.45, 7) is 3.22. The molecule has 0 bridgehead atoms. The van der Waals surface area contributed by atoms with Crippen molar-refractivity contribution >= 4 is 41.2 Å². The summed E-state index contributed by atoms with van der Waals surface area (Å²) in [5.74, 6) is -1.05. The first-order valence-electron chi connectivity index (χ1n) is 9.33. The molecule has 1 heterocycles. The molecular formula is C22H19ClFN3O5. The number of halogens is 2. The number of amides is 4. The zero-order valence-corrected chi connectivity index (χ0v) is 17.7. The van der Waals surface area contributed by atoms with E-state index in [1.807, 2.05) is 0 Å². The summed E-state index contributed by atoms with van der Waals surface area (Å²) in [5, 5.41) is 5.18. The number of anilines is 1. The second-order valence-corrected chi connectivity index (χ2v) is 6.98. The van der Waals surface area contributed by atoms with Crippen LogP contribution in [-0.4, -0.2) is 43.0 Å². The minimum atomic E-state index is -0.550. The number of nitrogens with one attached hydrogen (secondary N) is 2. The Morgan fingerprint density at radius 2 is 2.00 bits per heavy atom. The molecular weight excluding hydrogens is 441 g/mol. The molecule has 1 aliphatic rings. The molecule has 2 aromatic rings. The second kappa shape index (κ2) is 9.97. The number of rotatable bonds is 8. The second-order valence-electron chi connectivity index (χ2n) is 6.57. The van der Waals surface area contributed by atoms with Crippen molar-refractivity contribution in [1.82, 2.24) is 10.2 Å². The summed E-state index contributed by atoms with van der Waals surface area (Å²) in [6, 6.07) is 7.77. The summed E-state index contributed by atoms with van der Waals surface area (Å²) in [6.07, 6.45) is 2.89. The Balaban J connectivity index is 1.73. The molecule has 0 saturated carbocycles. The van der Waals surface area contributed by atoms with Crippen LogP contribution in [0.3, 0.4) is 0 Å². The van der Waals surface area contributed by atoms with E-state index in [1.165, 1.54) is 49.6 Å². The Labute approximate surface area is 188 Å². The molecule has 0 unspecified atom stereocenters. The fraction of sp³-hybridized carbons (Fsp3) is 0.136. The van der Waals surface area contributed by atoms with Gasteiger partial charge in [0, 0.05) is 12.2 Å². The summed E-state index contributed by atoms with van der Waals surface area (Å²) in [7, 11) is 1.39. The van der Waals surface area contributed by atoms with E-state index in [0.717, 1.165) is 4.90 Å². The maximum atomic E-state index is 13.0. The number of nitrogens with zero attached hydrogens (tertiary/aromatic N) is 1. The van der Waals surface area contributed by atoms with Gasteiger partial charge in [-0.1, -0.05) is 17.7 Å². The van der Waals surface area contributed by atoms with Gasteiger partial charge < -0.3 is 20.1 Å². The lowest BCUT2D eigenvalue weighted by atomic mass is 10.1. The number of carbonyl (C=O) groups is 3. The van der Waals surface area contributed by atoms with E-state index >= 15 is 0 Å². The SMILES string of the molecule is C=CCN1C(=O)N/C(=C/c2cc(Cl)c(OCC(=O)Nc3ccc(F)cc3)c(OC)c2)C1=O. The van der Waals surface area contributed by atoms with Gasteiger partial charge in [0.2, 0.25) is 0 Å². The van der Waals surface area contributed by atoms with Gasteiger partial charge in [-0.2, -0.15) is 0 Å². The lowest BCUT2D eigenvalue weighted by molar-refractivity contribution is -0.122. The van der Waals surface area contributed by atoms with Crippen LogP contribution in [0.5, 0.6) is 11.5 Å². The Kier molecular flexibility index (Phi) is 7.11. The van der Waals surface area contributed by atoms with E-state index in [4.69, 9.17) is 21.1 Å². The van der Waals surface area contributed by atoms with Crippen molar-refractivity contribution < 1.29 is 28.2 Å². The Hall–Kier alpha value is -3.85. The van der Waals surface area contributed by atoms with Crippen molar-refractivity contribution in [2.75, 3.05) is 25.6 Å². The van der Waals surface area contributed by atoms with Gasteiger partial charge in [-0.3, -0.25) is 14.5 Å². The molecule has 8 nitrogen and oxygen atoms in total. The van der Waals surface area contributed by atoms with Crippen LogP contribution in [0.15, 0.2) is 54.8 Å². The molecule has 1 saturated heterocycles. The first-order valence-corrected chi connectivity index (χ1v) is 9.71. The van der Waals surface area contributed by atoms with Gasteiger partial charge in [0.05, 0.1) is 12.1 Å². The van der Waals surface area contributed by atoms with Crippen molar-refractivity contribution in [2.24, 2.45) is 0 Å². The number of benzene rings is 2. The number of imide groups is 1. The average Bonchev–Trinajstić information content (AvgIpc) is 3.02. The van der Waals surface area contributed by atoms with Crippen molar-refractivity contribution in [3.8, 4) is 11.5 Å². The number of hydrogen-bond acceptors (Lipinski definition) is 5. The smallest absolute Gasteiger partial charge is 0.329 e. The van der Waals surface area contributed by atoms with E-state index in [-0.39, 0.29) is 35.4 Å². The molecule has 10 heteroatoms. The molecule has 3 rings (SSSR count). The summed E-state index contributed by atoms with van der Waals surface area (Å²) in [4.78, 5) is 37.4. The fourth-order valence-electron chi connectivity index (χ4n) is 2.86. The van der Waals surface area contributed by atoms with E-state index in [9.17, 15) is 18.8 Å². The van der Waals surface area contributed by atoms with E-state index in [2.05, 4.69) is 17.2 Å². The zero-order chi connectivity index (χ0) is 23.3. The highest BCUT2D eigenvalue weighted by atomic mass is 35.5. The molecule has 1 fully saturated rings. The third-order valence-electron chi connectivity index (χ3n) is 4.31. The highest BCUT2D eigenvalue weighted by Crippen LogP contribution is 2.37. The minimum Gasteiger partial charge on any atom is -0.493 e. The van der Waals surface area contributed by atoms with Crippen molar-refractivity contribution in [3.63, 3.8) is 0 Å². The lowest BCUT2D eigenvalue weighted by Gasteiger charge is -2.13. The number of hydrogen-bond donors (Lipinski definition) is 2. The summed E-state index contributed by atoms with van der Waals surface area (Å²) < 4.78 is 23.8. The van der Waals surface area contributed by atoms with Gasteiger partial charge in [0.25, 0.3) is 11.8 Å². The molecule has 0 spiro atoms. The van der Waals surface area contributed by atoms with Crippen molar-refractivity contribution in [1.29, 1.82) is 0 Å². The molecule has 2 N–H and O–H groups in total. The predicted molar refractivity (Wildman–Crippen MR) is 117 cm³/mol. The number of urea groups is 1. The quantitative estimate of drug-likeness (QED) is 0.357. The molecule has 1 aliphatic heterocycles. The third kappa shape index (κ3) is 5.25. The molecule has 0 aliphatic carbocycles.